The summed E-state index contributed by atoms with van der Waals surface area (Å²) in [7, 11) is 2.09. The summed E-state index contributed by atoms with van der Waals surface area (Å²) in [5.41, 5.74) is 3.93. The van der Waals surface area contributed by atoms with Crippen molar-refractivity contribution in [1.82, 2.24) is 5.32 Å². The van der Waals surface area contributed by atoms with Crippen LogP contribution >= 0.6 is 0 Å². The number of aliphatic hydroxyl groups excluding tert-OH is 1. The second-order valence-electron chi connectivity index (χ2n) is 5.84. The molecule has 19 heavy (non-hydrogen) atoms. The first-order chi connectivity index (χ1) is 9.06. The Morgan fingerprint density at radius 1 is 1.42 bits per heavy atom. The van der Waals surface area contributed by atoms with Crippen molar-refractivity contribution in [1.29, 1.82) is 0 Å². The van der Waals surface area contributed by atoms with Crippen molar-refractivity contribution in [3.8, 4) is 0 Å². The van der Waals surface area contributed by atoms with Crippen molar-refractivity contribution in [3.63, 3.8) is 0 Å². The van der Waals surface area contributed by atoms with Gasteiger partial charge in [0.25, 0.3) is 0 Å². The smallest absolute Gasteiger partial charge is 0.0528 e. The summed E-state index contributed by atoms with van der Waals surface area (Å²) >= 11 is 0. The molecular formula is C16H26N2O. The molecule has 106 valence electrons. The Morgan fingerprint density at radius 3 is 2.74 bits per heavy atom. The van der Waals surface area contributed by atoms with Crippen LogP contribution in [0.15, 0.2) is 18.2 Å². The van der Waals surface area contributed by atoms with E-state index in [4.69, 9.17) is 0 Å². The zero-order valence-corrected chi connectivity index (χ0v) is 12.3. The van der Waals surface area contributed by atoms with E-state index in [-0.39, 0.29) is 6.10 Å². The van der Waals surface area contributed by atoms with Crippen LogP contribution in [0.4, 0.5) is 5.69 Å². The minimum absolute atomic E-state index is 0.232. The molecule has 0 bridgehead atoms. The Labute approximate surface area is 116 Å². The number of aryl methyl sites for hydroxylation is 1. The molecule has 0 spiro atoms. The molecule has 1 aromatic carbocycles. The van der Waals surface area contributed by atoms with Gasteiger partial charge in [-0.3, -0.25) is 0 Å². The molecule has 3 nitrogen and oxygen atoms in total. The van der Waals surface area contributed by atoms with Gasteiger partial charge >= 0.3 is 0 Å². The third-order valence-corrected chi connectivity index (χ3v) is 3.73. The van der Waals surface area contributed by atoms with Crippen LogP contribution in [0.1, 0.15) is 37.3 Å². The summed E-state index contributed by atoms with van der Waals surface area (Å²) in [6, 6.07) is 7.43. The summed E-state index contributed by atoms with van der Waals surface area (Å²) in [4.78, 5) is 2.22. The maximum Gasteiger partial charge on any atom is 0.0528 e. The van der Waals surface area contributed by atoms with E-state index in [1.807, 2.05) is 6.92 Å². The molecule has 1 aliphatic carbocycles. The van der Waals surface area contributed by atoms with E-state index in [9.17, 15) is 5.11 Å². The molecule has 1 atom stereocenters. The maximum atomic E-state index is 9.35. The Morgan fingerprint density at radius 2 is 2.16 bits per heavy atom. The molecule has 2 N–H and O–H groups in total. The quantitative estimate of drug-likeness (QED) is 0.792. The van der Waals surface area contributed by atoms with Gasteiger partial charge in [-0.2, -0.15) is 0 Å². The number of aliphatic hydroxyl groups is 1. The first-order valence-electron chi connectivity index (χ1n) is 7.28. The summed E-state index contributed by atoms with van der Waals surface area (Å²) in [5.74, 6) is 0. The van der Waals surface area contributed by atoms with Crippen LogP contribution in [-0.2, 0) is 6.54 Å². The molecule has 0 aliphatic heterocycles. The van der Waals surface area contributed by atoms with E-state index < -0.39 is 0 Å². The Bertz CT molecular complexity index is 413. The van der Waals surface area contributed by atoms with E-state index in [1.165, 1.54) is 29.7 Å². The summed E-state index contributed by atoms with van der Waals surface area (Å²) in [6.45, 7) is 5.86. The van der Waals surface area contributed by atoms with Crippen LogP contribution in [0, 0.1) is 6.92 Å². The van der Waals surface area contributed by atoms with Gasteiger partial charge in [-0.1, -0.05) is 12.1 Å². The molecule has 0 aromatic heterocycles. The lowest BCUT2D eigenvalue weighted by atomic mass is 10.1. The van der Waals surface area contributed by atoms with Crippen LogP contribution in [-0.4, -0.2) is 30.8 Å². The van der Waals surface area contributed by atoms with Crippen LogP contribution < -0.4 is 10.2 Å². The van der Waals surface area contributed by atoms with E-state index in [2.05, 4.69) is 42.4 Å². The van der Waals surface area contributed by atoms with Crippen molar-refractivity contribution in [2.45, 2.75) is 51.8 Å². The highest BCUT2D eigenvalue weighted by molar-refractivity contribution is 5.53. The van der Waals surface area contributed by atoms with Crippen molar-refractivity contribution in [3.05, 3.63) is 29.3 Å². The van der Waals surface area contributed by atoms with E-state index >= 15 is 0 Å². The van der Waals surface area contributed by atoms with Crippen LogP contribution in [0.2, 0.25) is 0 Å². The number of benzene rings is 1. The second kappa shape index (κ2) is 6.40. The lowest BCUT2D eigenvalue weighted by molar-refractivity contribution is 0.187. The van der Waals surface area contributed by atoms with E-state index in [0.717, 1.165) is 25.6 Å². The van der Waals surface area contributed by atoms with Gasteiger partial charge in [0.2, 0.25) is 0 Å². The molecule has 1 fully saturated rings. The highest BCUT2D eigenvalue weighted by atomic mass is 16.3. The standard InChI is InChI=1S/C16H26N2O/c1-12-10-14(11-17-15-5-6-15)4-7-16(12)18(3)9-8-13(2)19/h4,7,10,13,15,17,19H,5-6,8-9,11H2,1-3H3. The van der Waals surface area contributed by atoms with Gasteiger partial charge in [-0.25, -0.2) is 0 Å². The molecule has 1 aliphatic rings. The summed E-state index contributed by atoms with van der Waals surface area (Å²) in [5, 5.41) is 12.9. The molecule has 3 heteroatoms. The normalized spacial score (nSPS) is 16.4. The maximum absolute atomic E-state index is 9.35. The predicted octanol–water partition coefficient (Wildman–Crippen LogP) is 2.45. The summed E-state index contributed by atoms with van der Waals surface area (Å²) < 4.78 is 0. The first kappa shape index (κ1) is 14.4. The average Bonchev–Trinajstić information content (AvgIpc) is 3.17. The molecular weight excluding hydrogens is 236 g/mol. The second-order valence-corrected chi connectivity index (χ2v) is 5.84. The van der Waals surface area contributed by atoms with Gasteiger partial charge in [-0.05, 0) is 50.3 Å². The van der Waals surface area contributed by atoms with Gasteiger partial charge in [0.05, 0.1) is 6.10 Å². The lowest BCUT2D eigenvalue weighted by Gasteiger charge is -2.22. The molecule has 1 unspecified atom stereocenters. The van der Waals surface area contributed by atoms with Crippen molar-refractivity contribution in [2.24, 2.45) is 0 Å². The van der Waals surface area contributed by atoms with Crippen LogP contribution in [0.25, 0.3) is 0 Å². The highest BCUT2D eigenvalue weighted by Gasteiger charge is 2.20. The molecule has 0 radical (unpaired) electrons. The number of hydrogen-bond donors (Lipinski definition) is 2. The number of rotatable bonds is 7. The fourth-order valence-corrected chi connectivity index (χ4v) is 2.31. The number of anilines is 1. The molecule has 1 aromatic rings. The van der Waals surface area contributed by atoms with Gasteiger partial charge in [0.15, 0.2) is 0 Å². The average molecular weight is 262 g/mol. The Hall–Kier alpha value is -1.06. The third-order valence-electron chi connectivity index (χ3n) is 3.73. The lowest BCUT2D eigenvalue weighted by Crippen LogP contribution is -2.22. The first-order valence-corrected chi connectivity index (χ1v) is 7.28. The predicted molar refractivity (Wildman–Crippen MR) is 80.6 cm³/mol. The Kier molecular flexibility index (Phi) is 4.83. The molecule has 0 heterocycles. The molecule has 0 saturated heterocycles. The number of nitrogens with zero attached hydrogens (tertiary/aromatic N) is 1. The molecule has 0 amide bonds. The fourth-order valence-electron chi connectivity index (χ4n) is 2.31. The van der Waals surface area contributed by atoms with Gasteiger partial charge in [0, 0.05) is 31.9 Å². The van der Waals surface area contributed by atoms with Gasteiger partial charge < -0.3 is 15.3 Å². The number of nitrogens with one attached hydrogen (secondary N) is 1. The van der Waals surface area contributed by atoms with Gasteiger partial charge in [-0.15, -0.1) is 0 Å². The monoisotopic (exact) mass is 262 g/mol. The zero-order valence-electron chi connectivity index (χ0n) is 12.3. The van der Waals surface area contributed by atoms with Crippen LogP contribution in [0.3, 0.4) is 0 Å². The van der Waals surface area contributed by atoms with E-state index in [0.29, 0.717) is 0 Å². The highest BCUT2D eigenvalue weighted by Crippen LogP contribution is 2.22. The largest absolute Gasteiger partial charge is 0.393 e. The molecule has 2 rings (SSSR count). The van der Waals surface area contributed by atoms with Gasteiger partial charge in [0.1, 0.15) is 0 Å². The topological polar surface area (TPSA) is 35.5 Å². The van der Waals surface area contributed by atoms with Crippen molar-refractivity contribution >= 4 is 5.69 Å². The number of hydrogen-bond acceptors (Lipinski definition) is 3. The molecule has 1 saturated carbocycles. The van der Waals surface area contributed by atoms with Crippen molar-refractivity contribution < 1.29 is 5.11 Å². The third kappa shape index (κ3) is 4.51. The summed E-state index contributed by atoms with van der Waals surface area (Å²) in [6.07, 6.45) is 3.24. The van der Waals surface area contributed by atoms with Crippen molar-refractivity contribution in [2.75, 3.05) is 18.5 Å². The SMILES string of the molecule is Cc1cc(CNC2CC2)ccc1N(C)CCC(C)O. The fraction of sp³-hybridized carbons (Fsp3) is 0.625. The minimum Gasteiger partial charge on any atom is -0.393 e. The van der Waals surface area contributed by atoms with Crippen LogP contribution in [0.5, 0.6) is 0 Å². The minimum atomic E-state index is -0.232. The zero-order chi connectivity index (χ0) is 13.8. The Balaban J connectivity index is 1.92. The van der Waals surface area contributed by atoms with E-state index in [1.54, 1.807) is 0 Å².